The highest BCUT2D eigenvalue weighted by atomic mass is 19.4. The molecular weight excluding hydrogens is 335 g/mol. The first-order valence-electron chi connectivity index (χ1n) is 8.46. The first-order valence-corrected chi connectivity index (χ1v) is 8.46. The van der Waals surface area contributed by atoms with E-state index in [9.17, 15) is 13.2 Å². The van der Waals surface area contributed by atoms with E-state index in [0.717, 1.165) is 22.4 Å². The first-order chi connectivity index (χ1) is 12.4. The van der Waals surface area contributed by atoms with Gasteiger partial charge in [-0.2, -0.15) is 13.2 Å². The lowest BCUT2D eigenvalue weighted by atomic mass is 10.0. The number of alkyl halides is 3. The van der Waals surface area contributed by atoms with Crippen LogP contribution in [-0.2, 0) is 12.6 Å². The van der Waals surface area contributed by atoms with Gasteiger partial charge in [0.25, 0.3) is 0 Å². The Balaban J connectivity index is 1.58. The Morgan fingerprint density at radius 1 is 0.923 bits per heavy atom. The average molecular weight is 354 g/mol. The van der Waals surface area contributed by atoms with Crippen LogP contribution in [-0.4, -0.2) is 6.54 Å². The lowest BCUT2D eigenvalue weighted by Crippen LogP contribution is -2.05. The standard InChI is InChI=1S/C22H19F3N/c1-16(20-13-5-10-18-9-2-3-12-21(18)20)26-14-6-8-17-7-4-11-19(15-17)22(23,24)25/h2-5,7,9-13,15H,1,6,8,14H2/q-1. The molecule has 26 heavy (non-hydrogen) atoms. The van der Waals surface area contributed by atoms with Gasteiger partial charge in [0.1, 0.15) is 0 Å². The van der Waals surface area contributed by atoms with Gasteiger partial charge in [-0.05, 0) is 34.4 Å². The fourth-order valence-corrected chi connectivity index (χ4v) is 2.96. The molecule has 0 aliphatic carbocycles. The fraction of sp³-hybridized carbons (Fsp3) is 0.182. The zero-order valence-electron chi connectivity index (χ0n) is 14.3. The third-order valence-corrected chi connectivity index (χ3v) is 4.28. The molecule has 134 valence electrons. The van der Waals surface area contributed by atoms with Gasteiger partial charge in [0.2, 0.25) is 0 Å². The van der Waals surface area contributed by atoms with E-state index in [0.29, 0.717) is 30.6 Å². The third-order valence-electron chi connectivity index (χ3n) is 4.28. The molecule has 0 fully saturated rings. The largest absolute Gasteiger partial charge is 0.684 e. The topological polar surface area (TPSA) is 14.1 Å². The van der Waals surface area contributed by atoms with Crippen LogP contribution in [0.3, 0.4) is 0 Å². The van der Waals surface area contributed by atoms with Crippen molar-refractivity contribution < 1.29 is 13.2 Å². The molecule has 0 unspecified atom stereocenters. The number of hydrogen-bond acceptors (Lipinski definition) is 0. The monoisotopic (exact) mass is 354 g/mol. The maximum atomic E-state index is 12.7. The quantitative estimate of drug-likeness (QED) is 0.430. The second-order valence-corrected chi connectivity index (χ2v) is 6.16. The summed E-state index contributed by atoms with van der Waals surface area (Å²) >= 11 is 0. The summed E-state index contributed by atoms with van der Waals surface area (Å²) in [5.41, 5.74) is 1.76. The minimum absolute atomic E-state index is 0.526. The maximum absolute atomic E-state index is 12.7. The summed E-state index contributed by atoms with van der Waals surface area (Å²) in [4.78, 5) is 0. The van der Waals surface area contributed by atoms with Crippen molar-refractivity contribution in [1.82, 2.24) is 0 Å². The SMILES string of the molecule is C=C([N-]CCCc1cccc(C(F)(F)F)c1)c1cccc2ccccc12. The Hall–Kier alpha value is -2.75. The maximum Gasteiger partial charge on any atom is 0.416 e. The molecule has 1 nitrogen and oxygen atoms in total. The minimum Gasteiger partial charge on any atom is -0.684 e. The Kier molecular flexibility index (Phi) is 5.31. The molecule has 0 aromatic heterocycles. The molecule has 0 aliphatic heterocycles. The van der Waals surface area contributed by atoms with Crippen LogP contribution in [0.1, 0.15) is 23.1 Å². The highest BCUT2D eigenvalue weighted by Gasteiger charge is 2.30. The highest BCUT2D eigenvalue weighted by Crippen LogP contribution is 2.30. The molecule has 0 radical (unpaired) electrons. The van der Waals surface area contributed by atoms with Crippen LogP contribution in [0, 0.1) is 0 Å². The average Bonchev–Trinajstić information content (AvgIpc) is 2.64. The van der Waals surface area contributed by atoms with Crippen LogP contribution in [0.15, 0.2) is 73.3 Å². The van der Waals surface area contributed by atoms with Gasteiger partial charge in [0, 0.05) is 0 Å². The first kappa shape index (κ1) is 18.1. The van der Waals surface area contributed by atoms with E-state index < -0.39 is 11.7 Å². The molecular formula is C22H19F3N-. The lowest BCUT2D eigenvalue weighted by Gasteiger charge is -2.25. The van der Waals surface area contributed by atoms with Crippen molar-refractivity contribution in [1.29, 1.82) is 0 Å². The summed E-state index contributed by atoms with van der Waals surface area (Å²) in [6.45, 7) is 4.58. The zero-order valence-corrected chi connectivity index (χ0v) is 14.3. The van der Waals surface area contributed by atoms with Gasteiger partial charge < -0.3 is 5.32 Å². The van der Waals surface area contributed by atoms with Crippen LogP contribution in [0.5, 0.6) is 0 Å². The summed E-state index contributed by atoms with van der Waals surface area (Å²) in [5, 5.41) is 6.74. The van der Waals surface area contributed by atoms with E-state index in [1.165, 1.54) is 12.1 Å². The predicted octanol–water partition coefficient (Wildman–Crippen LogP) is 6.84. The van der Waals surface area contributed by atoms with Crippen molar-refractivity contribution in [3.05, 3.63) is 95.3 Å². The Morgan fingerprint density at radius 2 is 1.65 bits per heavy atom. The molecule has 3 rings (SSSR count). The number of hydrogen-bond donors (Lipinski definition) is 0. The summed E-state index contributed by atoms with van der Waals surface area (Å²) in [5.74, 6) is 0. The molecule has 0 saturated carbocycles. The van der Waals surface area contributed by atoms with E-state index in [4.69, 9.17) is 0 Å². The van der Waals surface area contributed by atoms with Gasteiger partial charge in [-0.1, -0.05) is 67.1 Å². The summed E-state index contributed by atoms with van der Waals surface area (Å²) in [7, 11) is 0. The molecule has 0 amide bonds. The molecule has 0 N–H and O–H groups in total. The number of halogens is 3. The van der Waals surface area contributed by atoms with Gasteiger partial charge in [-0.3, -0.25) is 0 Å². The van der Waals surface area contributed by atoms with E-state index in [-0.39, 0.29) is 0 Å². The second-order valence-electron chi connectivity index (χ2n) is 6.16. The highest BCUT2D eigenvalue weighted by molar-refractivity contribution is 5.95. The Bertz CT molecular complexity index is 907. The number of rotatable bonds is 6. The molecule has 0 atom stereocenters. The Labute approximate surface area is 151 Å². The van der Waals surface area contributed by atoms with Crippen molar-refractivity contribution in [2.24, 2.45) is 0 Å². The van der Waals surface area contributed by atoms with Gasteiger partial charge >= 0.3 is 6.18 Å². The zero-order chi connectivity index (χ0) is 18.6. The lowest BCUT2D eigenvalue weighted by molar-refractivity contribution is -0.137. The second kappa shape index (κ2) is 7.65. The minimum atomic E-state index is -4.30. The van der Waals surface area contributed by atoms with Crippen molar-refractivity contribution in [2.75, 3.05) is 6.54 Å². The molecule has 3 aromatic rings. The molecule has 3 aromatic carbocycles. The van der Waals surface area contributed by atoms with Crippen molar-refractivity contribution >= 4 is 16.5 Å². The molecule has 0 bridgehead atoms. The molecule has 4 heteroatoms. The number of nitrogens with zero attached hydrogens (tertiary/aromatic N) is 1. The number of benzene rings is 3. The summed E-state index contributed by atoms with van der Waals surface area (Å²) in [6, 6.07) is 19.5. The fourth-order valence-electron chi connectivity index (χ4n) is 2.96. The molecule has 0 aliphatic rings. The van der Waals surface area contributed by atoms with E-state index in [1.54, 1.807) is 6.07 Å². The van der Waals surface area contributed by atoms with Crippen molar-refractivity contribution in [2.45, 2.75) is 19.0 Å². The number of aryl methyl sites for hydroxylation is 1. The van der Waals surface area contributed by atoms with Gasteiger partial charge in [-0.15, -0.1) is 18.8 Å². The summed E-state index contributed by atoms with van der Waals surface area (Å²) in [6.07, 6.45) is -3.08. The molecule has 0 spiro atoms. The molecule has 0 saturated heterocycles. The smallest absolute Gasteiger partial charge is 0.416 e. The van der Waals surface area contributed by atoms with E-state index in [1.807, 2.05) is 42.5 Å². The van der Waals surface area contributed by atoms with Crippen LogP contribution in [0.4, 0.5) is 13.2 Å². The van der Waals surface area contributed by atoms with Crippen LogP contribution in [0.2, 0.25) is 0 Å². The van der Waals surface area contributed by atoms with Gasteiger partial charge in [-0.25, -0.2) is 0 Å². The predicted molar refractivity (Wildman–Crippen MR) is 101 cm³/mol. The normalized spacial score (nSPS) is 11.5. The third kappa shape index (κ3) is 4.26. The van der Waals surface area contributed by atoms with Crippen molar-refractivity contribution in [3.63, 3.8) is 0 Å². The van der Waals surface area contributed by atoms with Crippen molar-refractivity contribution in [3.8, 4) is 0 Å². The number of fused-ring (bicyclic) bond motifs is 1. The van der Waals surface area contributed by atoms with Gasteiger partial charge in [0.05, 0.1) is 5.56 Å². The molecule has 0 heterocycles. The van der Waals surface area contributed by atoms with Crippen LogP contribution >= 0.6 is 0 Å². The van der Waals surface area contributed by atoms with Crippen LogP contribution in [0.25, 0.3) is 21.8 Å². The summed E-state index contributed by atoms with van der Waals surface area (Å²) < 4.78 is 38.2. The van der Waals surface area contributed by atoms with Crippen LogP contribution < -0.4 is 0 Å². The van der Waals surface area contributed by atoms with Gasteiger partial charge in [0.15, 0.2) is 0 Å². The van der Waals surface area contributed by atoms with E-state index >= 15 is 0 Å². The Morgan fingerprint density at radius 3 is 2.46 bits per heavy atom. The van der Waals surface area contributed by atoms with E-state index in [2.05, 4.69) is 11.9 Å².